The molecule has 1 amide bonds. The lowest BCUT2D eigenvalue weighted by atomic mass is 10.1. The number of halogens is 5. The van der Waals surface area contributed by atoms with Crippen LogP contribution in [0.1, 0.15) is 24.8 Å². The molecule has 1 heterocycles. The number of anilines is 2. The van der Waals surface area contributed by atoms with E-state index in [-0.39, 0.29) is 37.0 Å². The number of rotatable bonds is 3. The van der Waals surface area contributed by atoms with Crippen LogP contribution in [0.2, 0.25) is 0 Å². The maximum atomic E-state index is 12.8. The Morgan fingerprint density at radius 1 is 1.17 bits per heavy atom. The Balaban J connectivity index is 0.00000242. The highest BCUT2D eigenvalue weighted by Gasteiger charge is 2.31. The number of carbonyl (C=O) groups is 1. The molecule has 0 saturated carbocycles. The lowest BCUT2D eigenvalue weighted by Crippen LogP contribution is -2.31. The molecule has 0 aromatic heterocycles. The molecule has 1 aromatic rings. The van der Waals surface area contributed by atoms with Crippen LogP contribution in [0.5, 0.6) is 0 Å². The SMILES string of the molecule is Cl.Cl.NCC(=O)Nc1cc(C(F)(F)F)ccc1N1CCCCC1. The van der Waals surface area contributed by atoms with Crippen molar-refractivity contribution in [3.63, 3.8) is 0 Å². The molecule has 0 spiro atoms. The Hall–Kier alpha value is -1.18. The lowest BCUT2D eigenvalue weighted by Gasteiger charge is -2.31. The Kier molecular flexibility index (Phi) is 8.73. The van der Waals surface area contributed by atoms with Gasteiger partial charge in [-0.25, -0.2) is 0 Å². The van der Waals surface area contributed by atoms with Crippen molar-refractivity contribution in [2.45, 2.75) is 25.4 Å². The minimum Gasteiger partial charge on any atom is -0.370 e. The molecule has 1 aliphatic heterocycles. The highest BCUT2D eigenvalue weighted by Crippen LogP contribution is 2.36. The summed E-state index contributed by atoms with van der Waals surface area (Å²) in [5.41, 5.74) is 5.23. The van der Waals surface area contributed by atoms with Crippen molar-refractivity contribution in [3.05, 3.63) is 23.8 Å². The molecule has 2 rings (SSSR count). The summed E-state index contributed by atoms with van der Waals surface area (Å²) in [7, 11) is 0. The fourth-order valence-electron chi connectivity index (χ4n) is 2.42. The molecular weight excluding hydrogens is 354 g/mol. The molecule has 1 saturated heterocycles. The average molecular weight is 374 g/mol. The summed E-state index contributed by atoms with van der Waals surface area (Å²) < 4.78 is 38.4. The first-order valence-electron chi connectivity index (χ1n) is 6.88. The predicted octanol–water partition coefficient (Wildman–Crippen LogP) is 3.44. The first-order valence-corrected chi connectivity index (χ1v) is 6.88. The number of hydrogen-bond donors (Lipinski definition) is 2. The van der Waals surface area contributed by atoms with E-state index in [1.807, 2.05) is 4.90 Å². The number of benzene rings is 1. The van der Waals surface area contributed by atoms with Crippen LogP contribution in [-0.4, -0.2) is 25.5 Å². The molecule has 23 heavy (non-hydrogen) atoms. The zero-order valence-electron chi connectivity index (χ0n) is 12.4. The number of nitrogens with two attached hydrogens (primary N) is 1. The highest BCUT2D eigenvalue weighted by molar-refractivity contribution is 5.95. The van der Waals surface area contributed by atoms with Crippen molar-refractivity contribution in [3.8, 4) is 0 Å². The maximum absolute atomic E-state index is 12.8. The van der Waals surface area contributed by atoms with Gasteiger partial charge in [0.2, 0.25) is 5.91 Å². The molecule has 1 aromatic carbocycles. The van der Waals surface area contributed by atoms with Gasteiger partial charge in [0.25, 0.3) is 0 Å². The van der Waals surface area contributed by atoms with E-state index >= 15 is 0 Å². The van der Waals surface area contributed by atoms with Crippen LogP contribution >= 0.6 is 24.8 Å². The van der Waals surface area contributed by atoms with Gasteiger partial charge in [-0.15, -0.1) is 24.8 Å². The molecule has 0 atom stereocenters. The normalized spacial score (nSPS) is 14.5. The third-order valence-corrected chi connectivity index (χ3v) is 3.48. The van der Waals surface area contributed by atoms with Crippen molar-refractivity contribution in [1.29, 1.82) is 0 Å². The first-order chi connectivity index (χ1) is 9.91. The molecule has 0 aliphatic carbocycles. The van der Waals surface area contributed by atoms with Crippen molar-refractivity contribution < 1.29 is 18.0 Å². The summed E-state index contributed by atoms with van der Waals surface area (Å²) >= 11 is 0. The molecule has 0 bridgehead atoms. The van der Waals surface area contributed by atoms with E-state index in [1.54, 1.807) is 0 Å². The number of carbonyl (C=O) groups excluding carboxylic acids is 1. The van der Waals surface area contributed by atoms with Crippen LogP contribution in [0.4, 0.5) is 24.5 Å². The summed E-state index contributed by atoms with van der Waals surface area (Å²) in [6.07, 6.45) is -1.35. The second-order valence-electron chi connectivity index (χ2n) is 5.03. The zero-order chi connectivity index (χ0) is 15.5. The van der Waals surface area contributed by atoms with E-state index in [0.717, 1.165) is 44.5 Å². The van der Waals surface area contributed by atoms with Gasteiger partial charge in [0, 0.05) is 13.1 Å². The van der Waals surface area contributed by atoms with E-state index in [4.69, 9.17) is 5.73 Å². The second-order valence-corrected chi connectivity index (χ2v) is 5.03. The quantitative estimate of drug-likeness (QED) is 0.852. The van der Waals surface area contributed by atoms with E-state index in [2.05, 4.69) is 5.32 Å². The molecular formula is C14H20Cl2F3N3O. The first kappa shape index (κ1) is 21.8. The van der Waals surface area contributed by atoms with Crippen molar-refractivity contribution in [2.24, 2.45) is 5.73 Å². The minimum atomic E-state index is -4.44. The lowest BCUT2D eigenvalue weighted by molar-refractivity contribution is -0.137. The fraction of sp³-hybridized carbons (Fsp3) is 0.500. The highest BCUT2D eigenvalue weighted by atomic mass is 35.5. The van der Waals surface area contributed by atoms with Gasteiger partial charge in [-0.1, -0.05) is 0 Å². The van der Waals surface area contributed by atoms with Gasteiger partial charge in [0.1, 0.15) is 0 Å². The van der Waals surface area contributed by atoms with E-state index in [9.17, 15) is 18.0 Å². The maximum Gasteiger partial charge on any atom is 0.416 e. The third kappa shape index (κ3) is 5.75. The van der Waals surface area contributed by atoms with E-state index in [1.165, 1.54) is 6.07 Å². The number of alkyl halides is 3. The Bertz CT molecular complexity index is 520. The summed E-state index contributed by atoms with van der Waals surface area (Å²) in [6.45, 7) is 1.28. The summed E-state index contributed by atoms with van der Waals surface area (Å²) in [6, 6.07) is 3.43. The largest absolute Gasteiger partial charge is 0.416 e. The van der Waals surface area contributed by atoms with Gasteiger partial charge >= 0.3 is 6.18 Å². The number of piperidine rings is 1. The number of amides is 1. The van der Waals surface area contributed by atoms with Gasteiger partial charge in [-0.3, -0.25) is 4.79 Å². The van der Waals surface area contributed by atoms with Gasteiger partial charge in [0.05, 0.1) is 23.5 Å². The molecule has 1 aliphatic rings. The monoisotopic (exact) mass is 373 g/mol. The molecule has 132 valence electrons. The zero-order valence-corrected chi connectivity index (χ0v) is 14.0. The van der Waals surface area contributed by atoms with Crippen LogP contribution in [0, 0.1) is 0 Å². The van der Waals surface area contributed by atoms with Gasteiger partial charge < -0.3 is 16.0 Å². The number of hydrogen-bond acceptors (Lipinski definition) is 3. The van der Waals surface area contributed by atoms with Gasteiger partial charge in [-0.05, 0) is 37.5 Å². The number of nitrogens with one attached hydrogen (secondary N) is 1. The van der Waals surface area contributed by atoms with Gasteiger partial charge in [-0.2, -0.15) is 13.2 Å². The Morgan fingerprint density at radius 3 is 2.30 bits per heavy atom. The minimum absolute atomic E-state index is 0. The van der Waals surface area contributed by atoms with Crippen molar-refractivity contribution >= 4 is 42.1 Å². The van der Waals surface area contributed by atoms with Crippen LogP contribution in [-0.2, 0) is 11.0 Å². The summed E-state index contributed by atoms with van der Waals surface area (Å²) in [5.74, 6) is -0.507. The topological polar surface area (TPSA) is 58.4 Å². The molecule has 3 N–H and O–H groups in total. The van der Waals surface area contributed by atoms with Crippen molar-refractivity contribution in [1.82, 2.24) is 0 Å². The predicted molar refractivity (Wildman–Crippen MR) is 89.7 cm³/mol. The third-order valence-electron chi connectivity index (χ3n) is 3.48. The van der Waals surface area contributed by atoms with Crippen LogP contribution in [0.25, 0.3) is 0 Å². The van der Waals surface area contributed by atoms with Gasteiger partial charge in [0.15, 0.2) is 0 Å². The summed E-state index contributed by atoms with van der Waals surface area (Å²) in [4.78, 5) is 13.4. The molecule has 4 nitrogen and oxygen atoms in total. The number of nitrogens with zero attached hydrogens (tertiary/aromatic N) is 1. The molecule has 9 heteroatoms. The van der Waals surface area contributed by atoms with Crippen LogP contribution in [0.3, 0.4) is 0 Å². The second kappa shape index (κ2) is 9.20. The van der Waals surface area contributed by atoms with Crippen LogP contribution < -0.4 is 16.0 Å². The molecule has 0 radical (unpaired) electrons. The fourth-order valence-corrected chi connectivity index (χ4v) is 2.42. The average Bonchev–Trinajstić information content (AvgIpc) is 2.47. The Labute approximate surface area is 145 Å². The smallest absolute Gasteiger partial charge is 0.370 e. The van der Waals surface area contributed by atoms with Crippen LogP contribution in [0.15, 0.2) is 18.2 Å². The van der Waals surface area contributed by atoms with E-state index in [0.29, 0.717) is 5.69 Å². The molecule has 0 unspecified atom stereocenters. The Morgan fingerprint density at radius 2 is 1.78 bits per heavy atom. The standard InChI is InChI=1S/C14H18F3N3O.2ClH/c15-14(16,17)10-4-5-12(20-6-2-1-3-7-20)11(8-10)19-13(21)9-18;;/h4-5,8H,1-3,6-7,9,18H2,(H,19,21);2*1H. The summed E-state index contributed by atoms with van der Waals surface area (Å²) in [5, 5.41) is 2.46. The molecule has 1 fully saturated rings. The van der Waals surface area contributed by atoms with E-state index < -0.39 is 17.6 Å². The van der Waals surface area contributed by atoms with Crippen molar-refractivity contribution in [2.75, 3.05) is 29.9 Å².